The molecule has 0 saturated carbocycles. The number of ether oxygens (including phenoxy) is 2. The van der Waals surface area contributed by atoms with Crippen molar-refractivity contribution in [3.63, 3.8) is 0 Å². The zero-order valence-corrected chi connectivity index (χ0v) is 13.3. The summed E-state index contributed by atoms with van der Waals surface area (Å²) in [7, 11) is 0. The lowest BCUT2D eigenvalue weighted by molar-refractivity contribution is -0.150. The van der Waals surface area contributed by atoms with Crippen LogP contribution >= 0.6 is 11.3 Å². The van der Waals surface area contributed by atoms with Crippen molar-refractivity contribution in [1.82, 2.24) is 9.38 Å². The highest BCUT2D eigenvalue weighted by Crippen LogP contribution is 2.28. The first kappa shape index (κ1) is 15.2. The minimum absolute atomic E-state index is 0.000213. The first-order valence-corrected chi connectivity index (χ1v) is 8.27. The summed E-state index contributed by atoms with van der Waals surface area (Å²) in [6, 6.07) is 1.45. The van der Waals surface area contributed by atoms with Crippen LogP contribution in [0.4, 0.5) is 0 Å². The first-order valence-electron chi connectivity index (χ1n) is 7.45. The van der Waals surface area contributed by atoms with Gasteiger partial charge in [0.25, 0.3) is 5.56 Å². The van der Waals surface area contributed by atoms with E-state index in [1.807, 2.05) is 6.92 Å². The van der Waals surface area contributed by atoms with Gasteiger partial charge >= 0.3 is 5.97 Å². The molecule has 0 N–H and O–H groups in total. The molecule has 0 spiro atoms. The number of rotatable bonds is 5. The molecule has 0 radical (unpaired) electrons. The van der Waals surface area contributed by atoms with Crippen molar-refractivity contribution in [3.05, 3.63) is 32.7 Å². The van der Waals surface area contributed by atoms with Gasteiger partial charge in [-0.3, -0.25) is 9.20 Å². The number of carbonyl (C=O) groups is 1. The molecule has 2 heterocycles. The smallest absolute Gasteiger partial charge is 0.332 e. The van der Waals surface area contributed by atoms with E-state index in [2.05, 4.69) is 4.98 Å². The maximum absolute atomic E-state index is 12.3. The lowest BCUT2D eigenvalue weighted by Crippen LogP contribution is -2.19. The van der Waals surface area contributed by atoms with Crippen LogP contribution in [0.15, 0.2) is 10.9 Å². The lowest BCUT2D eigenvalue weighted by Gasteiger charge is -2.10. The van der Waals surface area contributed by atoms with E-state index in [9.17, 15) is 9.59 Å². The fourth-order valence-corrected chi connectivity index (χ4v) is 3.83. The molecule has 118 valence electrons. The monoisotopic (exact) mass is 322 g/mol. The third-order valence-corrected chi connectivity index (χ3v) is 4.76. The zero-order chi connectivity index (χ0) is 15.5. The highest BCUT2D eigenvalue weighted by Gasteiger charge is 2.18. The van der Waals surface area contributed by atoms with Crippen LogP contribution in [0, 0.1) is 0 Å². The van der Waals surface area contributed by atoms with E-state index in [1.54, 1.807) is 15.7 Å². The SMILES string of the molecule is CCOCC(=O)OCc1cc(=O)n2c3c(sc2n1)CCCC3. The van der Waals surface area contributed by atoms with E-state index >= 15 is 0 Å². The summed E-state index contributed by atoms with van der Waals surface area (Å²) in [5, 5.41) is 0. The number of fused-ring (bicyclic) bond motifs is 3. The predicted molar refractivity (Wildman–Crippen MR) is 82.3 cm³/mol. The van der Waals surface area contributed by atoms with Crippen LogP contribution in [0.1, 0.15) is 36.0 Å². The Morgan fingerprint density at radius 2 is 2.23 bits per heavy atom. The molecule has 0 unspecified atom stereocenters. The summed E-state index contributed by atoms with van der Waals surface area (Å²) in [4.78, 5) is 30.1. The summed E-state index contributed by atoms with van der Waals surface area (Å²) in [5.41, 5.74) is 1.48. The molecule has 7 heteroatoms. The molecule has 3 rings (SSSR count). The molecule has 6 nitrogen and oxygen atoms in total. The summed E-state index contributed by atoms with van der Waals surface area (Å²) < 4.78 is 11.7. The van der Waals surface area contributed by atoms with Crippen molar-refractivity contribution in [1.29, 1.82) is 0 Å². The van der Waals surface area contributed by atoms with Crippen LogP contribution in [0.5, 0.6) is 0 Å². The molecule has 0 aromatic carbocycles. The van der Waals surface area contributed by atoms with Crippen LogP contribution in [0.2, 0.25) is 0 Å². The Morgan fingerprint density at radius 3 is 3.05 bits per heavy atom. The van der Waals surface area contributed by atoms with Crippen molar-refractivity contribution in [2.45, 2.75) is 39.2 Å². The second-order valence-electron chi connectivity index (χ2n) is 5.18. The van der Waals surface area contributed by atoms with E-state index in [1.165, 1.54) is 10.9 Å². The summed E-state index contributed by atoms with van der Waals surface area (Å²) in [6.45, 7) is 2.19. The van der Waals surface area contributed by atoms with Gasteiger partial charge in [0.05, 0.1) is 5.69 Å². The quantitative estimate of drug-likeness (QED) is 0.784. The summed E-state index contributed by atoms with van der Waals surface area (Å²) in [5.74, 6) is -0.450. The maximum Gasteiger partial charge on any atom is 0.332 e. The van der Waals surface area contributed by atoms with Crippen LogP contribution < -0.4 is 5.56 Å². The molecule has 0 bridgehead atoms. The van der Waals surface area contributed by atoms with Gasteiger partial charge in [-0.2, -0.15) is 0 Å². The topological polar surface area (TPSA) is 69.9 Å². The molecule has 22 heavy (non-hydrogen) atoms. The Labute approximate surface area is 131 Å². The molecule has 0 aliphatic heterocycles. The number of hydrogen-bond donors (Lipinski definition) is 0. The van der Waals surface area contributed by atoms with Gasteiger partial charge in [-0.15, -0.1) is 11.3 Å². The Morgan fingerprint density at radius 1 is 1.41 bits per heavy atom. The molecule has 1 aliphatic rings. The van der Waals surface area contributed by atoms with Crippen LogP contribution in [0.25, 0.3) is 4.96 Å². The molecule has 2 aromatic heterocycles. The van der Waals surface area contributed by atoms with Gasteiger partial charge in [-0.1, -0.05) is 0 Å². The van der Waals surface area contributed by atoms with Crippen molar-refractivity contribution < 1.29 is 14.3 Å². The molecule has 0 saturated heterocycles. The van der Waals surface area contributed by atoms with Gasteiger partial charge in [0.2, 0.25) is 0 Å². The van der Waals surface area contributed by atoms with E-state index in [0.29, 0.717) is 17.3 Å². The third-order valence-electron chi connectivity index (χ3n) is 3.62. The van der Waals surface area contributed by atoms with Gasteiger partial charge in [-0.25, -0.2) is 9.78 Å². The van der Waals surface area contributed by atoms with E-state index in [-0.39, 0.29) is 18.8 Å². The molecule has 0 atom stereocenters. The predicted octanol–water partition coefficient (Wildman–Crippen LogP) is 1.71. The number of nitrogens with zero attached hydrogens (tertiary/aromatic N) is 2. The van der Waals surface area contributed by atoms with Crippen LogP contribution in [0.3, 0.4) is 0 Å². The first-order chi connectivity index (χ1) is 10.7. The van der Waals surface area contributed by atoms with E-state index < -0.39 is 5.97 Å². The second-order valence-corrected chi connectivity index (χ2v) is 6.24. The highest BCUT2D eigenvalue weighted by atomic mass is 32.1. The second kappa shape index (κ2) is 6.58. The Kier molecular flexibility index (Phi) is 4.54. The number of hydrogen-bond acceptors (Lipinski definition) is 6. The number of thiazole rings is 1. The third kappa shape index (κ3) is 3.05. The largest absolute Gasteiger partial charge is 0.457 e. The summed E-state index contributed by atoms with van der Waals surface area (Å²) in [6.07, 6.45) is 4.22. The normalized spacial score (nSPS) is 14.0. The number of esters is 1. The number of aromatic nitrogens is 2. The van der Waals surface area contributed by atoms with Crippen molar-refractivity contribution in [2.24, 2.45) is 0 Å². The molecular weight excluding hydrogens is 304 g/mol. The average Bonchev–Trinajstić information content (AvgIpc) is 2.89. The van der Waals surface area contributed by atoms with Crippen molar-refractivity contribution >= 4 is 22.3 Å². The van der Waals surface area contributed by atoms with Crippen molar-refractivity contribution in [3.8, 4) is 0 Å². The van der Waals surface area contributed by atoms with Crippen molar-refractivity contribution in [2.75, 3.05) is 13.2 Å². The van der Waals surface area contributed by atoms with Gasteiger partial charge in [0, 0.05) is 23.2 Å². The van der Waals surface area contributed by atoms with Gasteiger partial charge < -0.3 is 9.47 Å². The van der Waals surface area contributed by atoms with Gasteiger partial charge in [-0.05, 0) is 32.6 Å². The molecule has 0 amide bonds. The Balaban J connectivity index is 1.81. The van der Waals surface area contributed by atoms with Gasteiger partial charge in [0.1, 0.15) is 13.2 Å². The lowest BCUT2D eigenvalue weighted by atomic mass is 10.0. The fraction of sp³-hybridized carbons (Fsp3) is 0.533. The number of aryl methyl sites for hydroxylation is 2. The molecule has 2 aromatic rings. The van der Waals surface area contributed by atoms with E-state index in [4.69, 9.17) is 9.47 Å². The Bertz CT molecular complexity index is 750. The molecule has 1 aliphatic carbocycles. The molecule has 0 fully saturated rings. The molecular formula is C15H18N2O4S. The number of carbonyl (C=O) groups excluding carboxylic acids is 1. The van der Waals surface area contributed by atoms with Crippen LogP contribution in [-0.2, 0) is 33.7 Å². The summed E-state index contributed by atoms with van der Waals surface area (Å²) >= 11 is 1.56. The maximum atomic E-state index is 12.3. The van der Waals surface area contributed by atoms with E-state index in [0.717, 1.165) is 31.4 Å². The fourth-order valence-electron chi connectivity index (χ4n) is 2.60. The minimum Gasteiger partial charge on any atom is -0.457 e. The minimum atomic E-state index is -0.450. The zero-order valence-electron chi connectivity index (χ0n) is 12.5. The van der Waals surface area contributed by atoms with Crippen LogP contribution in [-0.4, -0.2) is 28.6 Å². The standard InChI is InChI=1S/C15H18N2O4S/c1-2-20-9-14(19)21-8-10-7-13(18)17-11-5-3-4-6-12(11)22-15(17)16-10/h7H,2-6,8-9H2,1H3. The Hall–Kier alpha value is -1.73. The average molecular weight is 322 g/mol. The van der Waals surface area contributed by atoms with Gasteiger partial charge in [0.15, 0.2) is 4.96 Å². The highest BCUT2D eigenvalue weighted by molar-refractivity contribution is 7.17.